The number of hydrogen-bond donors (Lipinski definition) is 1. The standard InChI is InChI=1S/C29H32N4O3S3/c1-5-12-33-26(22-15-37-23-13-18(3)8-11-20(22)23)31-32-29(33)39-16-24(34)30-27-25(28(35)36-4)21(14-38-27)19-9-6-17(2)7-10-19/h6-7,9-10,14-15,18H,5,8,11-13,16H2,1-4H3,(H,30,34). The van der Waals surface area contributed by atoms with Crippen molar-refractivity contribution in [2.24, 2.45) is 5.92 Å². The van der Waals surface area contributed by atoms with Gasteiger partial charge in [-0.1, -0.05) is 55.4 Å². The van der Waals surface area contributed by atoms with E-state index in [0.29, 0.717) is 10.6 Å². The van der Waals surface area contributed by atoms with Gasteiger partial charge in [-0.2, -0.15) is 0 Å². The van der Waals surface area contributed by atoms with E-state index >= 15 is 0 Å². The smallest absolute Gasteiger partial charge is 0.341 e. The van der Waals surface area contributed by atoms with Crippen molar-refractivity contribution >= 4 is 51.3 Å². The van der Waals surface area contributed by atoms with Crippen LogP contribution >= 0.6 is 34.4 Å². The molecular weight excluding hydrogens is 549 g/mol. The van der Waals surface area contributed by atoms with E-state index < -0.39 is 5.97 Å². The molecule has 7 nitrogen and oxygen atoms in total. The van der Waals surface area contributed by atoms with Gasteiger partial charge in [0.25, 0.3) is 0 Å². The number of hydrogen-bond acceptors (Lipinski definition) is 8. The van der Waals surface area contributed by atoms with Gasteiger partial charge in [0.1, 0.15) is 10.6 Å². The molecule has 1 aromatic carbocycles. The number of benzene rings is 1. The first-order chi connectivity index (χ1) is 18.9. The number of methoxy groups -OCH3 is 1. The number of carbonyl (C=O) groups excluding carboxylic acids is 2. The maximum atomic E-state index is 13.0. The van der Waals surface area contributed by atoms with Gasteiger partial charge in [0.15, 0.2) is 11.0 Å². The Labute approximate surface area is 241 Å². The van der Waals surface area contributed by atoms with E-state index in [4.69, 9.17) is 4.74 Å². The van der Waals surface area contributed by atoms with Gasteiger partial charge < -0.3 is 14.6 Å². The van der Waals surface area contributed by atoms with E-state index in [1.807, 2.05) is 47.9 Å². The van der Waals surface area contributed by atoms with Gasteiger partial charge in [0.2, 0.25) is 5.91 Å². The highest BCUT2D eigenvalue weighted by molar-refractivity contribution is 7.99. The molecule has 10 heteroatoms. The lowest BCUT2D eigenvalue weighted by Gasteiger charge is -2.19. The number of nitrogens with zero attached hydrogens (tertiary/aromatic N) is 3. The number of nitrogens with one attached hydrogen (secondary N) is 1. The average Bonchev–Trinajstić information content (AvgIpc) is 3.64. The molecule has 1 amide bonds. The van der Waals surface area contributed by atoms with Crippen LogP contribution in [0.2, 0.25) is 0 Å². The van der Waals surface area contributed by atoms with E-state index in [0.717, 1.165) is 59.4 Å². The zero-order chi connectivity index (χ0) is 27.5. The van der Waals surface area contributed by atoms with Gasteiger partial charge >= 0.3 is 5.97 Å². The molecule has 1 aliphatic rings. The highest BCUT2D eigenvalue weighted by Gasteiger charge is 2.25. The third-order valence-electron chi connectivity index (χ3n) is 6.94. The molecule has 0 bridgehead atoms. The minimum Gasteiger partial charge on any atom is -0.465 e. The van der Waals surface area contributed by atoms with Crippen LogP contribution in [0, 0.1) is 12.8 Å². The Morgan fingerprint density at radius 3 is 2.67 bits per heavy atom. The van der Waals surface area contributed by atoms with Crippen molar-refractivity contribution < 1.29 is 14.3 Å². The molecule has 4 aromatic rings. The SMILES string of the molecule is CCCn1c(SCC(=O)Nc2scc(-c3ccc(C)cc3)c2C(=O)OC)nnc1-c1csc2c1CCC(C)C2. The molecule has 1 atom stereocenters. The number of carbonyl (C=O) groups is 2. The molecular formula is C29H32N4O3S3. The summed E-state index contributed by atoms with van der Waals surface area (Å²) in [5.74, 6) is 1.07. The molecule has 3 aromatic heterocycles. The summed E-state index contributed by atoms with van der Waals surface area (Å²) >= 11 is 4.51. The van der Waals surface area contributed by atoms with E-state index in [2.05, 4.69) is 39.3 Å². The maximum Gasteiger partial charge on any atom is 0.341 e. The predicted molar refractivity (Wildman–Crippen MR) is 160 cm³/mol. The molecule has 5 rings (SSSR count). The minimum absolute atomic E-state index is 0.152. The fraction of sp³-hybridized carbons (Fsp3) is 0.379. The van der Waals surface area contributed by atoms with Crippen molar-refractivity contribution in [2.45, 2.75) is 58.2 Å². The normalized spacial score (nSPS) is 14.7. The number of anilines is 1. The summed E-state index contributed by atoms with van der Waals surface area (Å²) in [6.45, 7) is 7.24. The molecule has 0 aliphatic heterocycles. The summed E-state index contributed by atoms with van der Waals surface area (Å²) in [4.78, 5) is 27.2. The first-order valence-corrected chi connectivity index (χ1v) is 15.9. The molecule has 0 saturated carbocycles. The topological polar surface area (TPSA) is 86.1 Å². The second-order valence-electron chi connectivity index (χ2n) is 9.90. The Morgan fingerprint density at radius 1 is 1.15 bits per heavy atom. The first-order valence-electron chi connectivity index (χ1n) is 13.1. The Bertz CT molecular complexity index is 1490. The van der Waals surface area contributed by atoms with Crippen LogP contribution in [0.25, 0.3) is 22.5 Å². The van der Waals surface area contributed by atoms with E-state index in [1.165, 1.54) is 52.6 Å². The summed E-state index contributed by atoms with van der Waals surface area (Å²) in [5.41, 5.74) is 5.75. The molecule has 0 radical (unpaired) electrons. The van der Waals surface area contributed by atoms with Crippen molar-refractivity contribution in [3.05, 3.63) is 56.6 Å². The summed E-state index contributed by atoms with van der Waals surface area (Å²) in [6, 6.07) is 7.93. The summed E-state index contributed by atoms with van der Waals surface area (Å²) in [6.07, 6.45) is 4.34. The lowest BCUT2D eigenvalue weighted by molar-refractivity contribution is -0.113. The second-order valence-corrected chi connectivity index (χ2v) is 12.7. The van der Waals surface area contributed by atoms with Gasteiger partial charge in [-0.25, -0.2) is 4.79 Å². The first kappa shape index (κ1) is 27.6. The molecule has 0 fully saturated rings. The Kier molecular flexibility index (Phi) is 8.54. The summed E-state index contributed by atoms with van der Waals surface area (Å²) < 4.78 is 7.19. The summed E-state index contributed by atoms with van der Waals surface area (Å²) in [7, 11) is 1.35. The number of thioether (sulfide) groups is 1. The largest absolute Gasteiger partial charge is 0.465 e. The maximum absolute atomic E-state index is 13.0. The van der Waals surface area contributed by atoms with Crippen molar-refractivity contribution in [1.29, 1.82) is 0 Å². The van der Waals surface area contributed by atoms with Crippen LogP contribution in [0.3, 0.4) is 0 Å². The highest BCUT2D eigenvalue weighted by atomic mass is 32.2. The fourth-order valence-electron chi connectivity index (χ4n) is 4.88. The molecule has 1 unspecified atom stereocenters. The molecule has 0 spiro atoms. The van der Waals surface area contributed by atoms with E-state index in [1.54, 1.807) is 0 Å². The molecule has 39 heavy (non-hydrogen) atoms. The molecule has 204 valence electrons. The Hall–Kier alpha value is -2.95. The monoisotopic (exact) mass is 580 g/mol. The van der Waals surface area contributed by atoms with Crippen LogP contribution in [0.5, 0.6) is 0 Å². The lowest BCUT2D eigenvalue weighted by atomic mass is 9.88. The van der Waals surface area contributed by atoms with Gasteiger partial charge in [0.05, 0.1) is 12.9 Å². The van der Waals surface area contributed by atoms with Crippen LogP contribution in [0.15, 0.2) is 40.2 Å². The lowest BCUT2D eigenvalue weighted by Crippen LogP contribution is -2.16. The molecule has 1 aliphatic carbocycles. The van der Waals surface area contributed by atoms with Crippen molar-refractivity contribution in [2.75, 3.05) is 18.2 Å². The van der Waals surface area contributed by atoms with Crippen LogP contribution in [0.4, 0.5) is 5.00 Å². The van der Waals surface area contributed by atoms with Crippen LogP contribution in [0.1, 0.15) is 53.1 Å². The van der Waals surface area contributed by atoms with Crippen molar-refractivity contribution in [1.82, 2.24) is 14.8 Å². The van der Waals surface area contributed by atoms with Crippen LogP contribution in [-0.2, 0) is 28.9 Å². The number of aromatic nitrogens is 3. The number of esters is 1. The van der Waals surface area contributed by atoms with Gasteiger partial charge in [-0.15, -0.1) is 32.9 Å². The van der Waals surface area contributed by atoms with Crippen molar-refractivity contribution in [3.63, 3.8) is 0 Å². The predicted octanol–water partition coefficient (Wildman–Crippen LogP) is 7.10. The highest BCUT2D eigenvalue weighted by Crippen LogP contribution is 2.39. The molecule has 3 heterocycles. The minimum atomic E-state index is -0.476. The van der Waals surface area contributed by atoms with Crippen LogP contribution < -0.4 is 5.32 Å². The number of fused-ring (bicyclic) bond motifs is 1. The average molecular weight is 581 g/mol. The Balaban J connectivity index is 1.33. The third-order valence-corrected chi connectivity index (χ3v) is 9.85. The van der Waals surface area contributed by atoms with E-state index in [9.17, 15) is 9.59 Å². The fourth-order valence-corrected chi connectivity index (χ4v) is 7.86. The number of thiophene rings is 2. The van der Waals surface area contributed by atoms with Gasteiger partial charge in [0, 0.05) is 33.3 Å². The third kappa shape index (κ3) is 5.83. The van der Waals surface area contributed by atoms with Crippen molar-refractivity contribution in [3.8, 4) is 22.5 Å². The number of amides is 1. The van der Waals surface area contributed by atoms with E-state index in [-0.39, 0.29) is 11.7 Å². The second kappa shape index (κ2) is 12.1. The quantitative estimate of drug-likeness (QED) is 0.168. The zero-order valence-corrected chi connectivity index (χ0v) is 25.0. The number of rotatable bonds is 9. The van der Waals surface area contributed by atoms with Crippen LogP contribution in [-0.4, -0.2) is 39.5 Å². The zero-order valence-electron chi connectivity index (χ0n) is 22.6. The molecule has 0 saturated heterocycles. The summed E-state index contributed by atoms with van der Waals surface area (Å²) in [5, 5.41) is 17.3. The molecule has 1 N–H and O–H groups in total. The number of aryl methyl sites for hydroxylation is 1. The van der Waals surface area contributed by atoms with Gasteiger partial charge in [-0.05, 0) is 49.7 Å². The number of ether oxygens (including phenoxy) is 1. The van der Waals surface area contributed by atoms with Gasteiger partial charge in [-0.3, -0.25) is 4.79 Å². The Morgan fingerprint density at radius 2 is 1.92 bits per heavy atom.